The Balaban J connectivity index is 1.75. The van der Waals surface area contributed by atoms with Crippen molar-refractivity contribution in [3.05, 3.63) is 47.5 Å². The SMILES string of the molecule is CCCCCCCCCc1ccc(Oc2ccc(CCCCCCCCC)cc2O)c(O)c1. The minimum absolute atomic E-state index is 0.127. The summed E-state index contributed by atoms with van der Waals surface area (Å²) >= 11 is 0. The third-order valence-electron chi connectivity index (χ3n) is 6.40. The van der Waals surface area contributed by atoms with Crippen LogP contribution in [0.1, 0.15) is 115 Å². The lowest BCUT2D eigenvalue weighted by Crippen LogP contribution is -1.91. The third kappa shape index (κ3) is 11.0. The molecule has 0 atom stereocenters. The molecule has 0 aliphatic carbocycles. The Hall–Kier alpha value is -2.16. The molecular formula is C30H46O3. The van der Waals surface area contributed by atoms with Crippen molar-refractivity contribution in [3.8, 4) is 23.0 Å². The lowest BCUT2D eigenvalue weighted by Gasteiger charge is -2.12. The van der Waals surface area contributed by atoms with Crippen LogP contribution in [0.5, 0.6) is 23.0 Å². The predicted octanol–water partition coefficient (Wildman–Crippen LogP) is 9.48. The topological polar surface area (TPSA) is 49.7 Å². The summed E-state index contributed by atoms with van der Waals surface area (Å²) < 4.78 is 5.81. The molecule has 184 valence electrons. The molecule has 0 spiro atoms. The number of unbranched alkanes of at least 4 members (excludes halogenated alkanes) is 12. The zero-order chi connectivity index (χ0) is 23.7. The van der Waals surface area contributed by atoms with Gasteiger partial charge in [0.1, 0.15) is 0 Å². The van der Waals surface area contributed by atoms with E-state index in [9.17, 15) is 10.2 Å². The van der Waals surface area contributed by atoms with Gasteiger partial charge in [-0.2, -0.15) is 0 Å². The molecule has 0 heterocycles. The summed E-state index contributed by atoms with van der Waals surface area (Å²) in [6.07, 6.45) is 19.9. The molecule has 2 aromatic carbocycles. The molecule has 0 aliphatic heterocycles. The van der Waals surface area contributed by atoms with Crippen LogP contribution < -0.4 is 4.74 Å². The number of phenolic OH excluding ortho intramolecular Hbond substituents is 2. The number of hydrogen-bond acceptors (Lipinski definition) is 3. The van der Waals surface area contributed by atoms with Crippen molar-refractivity contribution in [1.29, 1.82) is 0 Å². The molecule has 0 fully saturated rings. The molecule has 0 saturated heterocycles. The smallest absolute Gasteiger partial charge is 0.169 e. The van der Waals surface area contributed by atoms with Gasteiger partial charge in [0.25, 0.3) is 0 Å². The van der Waals surface area contributed by atoms with Crippen molar-refractivity contribution < 1.29 is 14.9 Å². The van der Waals surface area contributed by atoms with Crippen LogP contribution in [-0.4, -0.2) is 10.2 Å². The van der Waals surface area contributed by atoms with Crippen LogP contribution in [0.15, 0.2) is 36.4 Å². The van der Waals surface area contributed by atoms with Crippen molar-refractivity contribution >= 4 is 0 Å². The van der Waals surface area contributed by atoms with E-state index in [0.717, 1.165) is 36.8 Å². The van der Waals surface area contributed by atoms with E-state index in [1.165, 1.54) is 77.0 Å². The van der Waals surface area contributed by atoms with Gasteiger partial charge in [-0.25, -0.2) is 0 Å². The number of aryl methyl sites for hydroxylation is 2. The highest BCUT2D eigenvalue weighted by atomic mass is 16.5. The van der Waals surface area contributed by atoms with Gasteiger partial charge in [0.05, 0.1) is 0 Å². The fourth-order valence-electron chi connectivity index (χ4n) is 4.30. The number of aromatic hydroxyl groups is 2. The first kappa shape index (κ1) is 27.1. The fourth-order valence-corrected chi connectivity index (χ4v) is 4.30. The second-order valence-electron chi connectivity index (χ2n) is 9.45. The third-order valence-corrected chi connectivity index (χ3v) is 6.40. The first-order valence-electron chi connectivity index (χ1n) is 13.5. The number of phenols is 2. The Kier molecular flexibility index (Phi) is 13.5. The largest absolute Gasteiger partial charge is 0.504 e. The Morgan fingerprint density at radius 1 is 0.515 bits per heavy atom. The van der Waals surface area contributed by atoms with E-state index in [1.807, 2.05) is 12.1 Å². The van der Waals surface area contributed by atoms with Crippen LogP contribution in [0.25, 0.3) is 0 Å². The van der Waals surface area contributed by atoms with E-state index in [2.05, 4.69) is 13.8 Å². The molecule has 0 radical (unpaired) electrons. The van der Waals surface area contributed by atoms with Crippen LogP contribution in [0.4, 0.5) is 0 Å². The molecule has 2 N–H and O–H groups in total. The highest BCUT2D eigenvalue weighted by molar-refractivity contribution is 5.48. The fraction of sp³-hybridized carbons (Fsp3) is 0.600. The van der Waals surface area contributed by atoms with Gasteiger partial charge in [-0.1, -0.05) is 103 Å². The predicted molar refractivity (Wildman–Crippen MR) is 140 cm³/mol. The van der Waals surface area contributed by atoms with E-state index in [1.54, 1.807) is 24.3 Å². The van der Waals surface area contributed by atoms with Crippen LogP contribution in [0.2, 0.25) is 0 Å². The quantitative estimate of drug-likeness (QED) is 0.220. The van der Waals surface area contributed by atoms with Gasteiger partial charge in [0.2, 0.25) is 0 Å². The van der Waals surface area contributed by atoms with Crippen LogP contribution in [-0.2, 0) is 12.8 Å². The standard InChI is InChI=1S/C30H46O3/c1-3-5-7-9-11-13-15-17-25-19-21-29(27(31)23-25)33-30-22-20-26(24-28(30)32)18-16-14-12-10-8-6-4-2/h19-24,31-32H,3-18H2,1-2H3. The maximum Gasteiger partial charge on any atom is 0.169 e. The summed E-state index contributed by atoms with van der Waals surface area (Å²) in [7, 11) is 0. The van der Waals surface area contributed by atoms with Crippen LogP contribution in [0, 0.1) is 0 Å². The summed E-state index contributed by atoms with van der Waals surface area (Å²) in [4.78, 5) is 0. The van der Waals surface area contributed by atoms with Gasteiger partial charge >= 0.3 is 0 Å². The molecule has 3 heteroatoms. The normalized spacial score (nSPS) is 11.1. The Labute approximate surface area is 202 Å². The second kappa shape index (κ2) is 16.5. The molecule has 0 amide bonds. The molecule has 0 unspecified atom stereocenters. The Morgan fingerprint density at radius 3 is 1.24 bits per heavy atom. The van der Waals surface area contributed by atoms with Crippen molar-refractivity contribution in [1.82, 2.24) is 0 Å². The first-order chi connectivity index (χ1) is 16.1. The van der Waals surface area contributed by atoms with Gasteiger partial charge in [0.15, 0.2) is 23.0 Å². The summed E-state index contributed by atoms with van der Waals surface area (Å²) in [5.74, 6) is 1.02. The van der Waals surface area contributed by atoms with Crippen molar-refractivity contribution in [2.24, 2.45) is 0 Å². The van der Waals surface area contributed by atoms with Gasteiger partial charge in [-0.15, -0.1) is 0 Å². The molecular weight excluding hydrogens is 408 g/mol. The van der Waals surface area contributed by atoms with Crippen molar-refractivity contribution in [2.45, 2.75) is 117 Å². The van der Waals surface area contributed by atoms with Crippen molar-refractivity contribution in [2.75, 3.05) is 0 Å². The molecule has 2 rings (SSSR count). The number of benzene rings is 2. The average Bonchev–Trinajstić information content (AvgIpc) is 2.81. The minimum Gasteiger partial charge on any atom is -0.504 e. The number of ether oxygens (including phenoxy) is 1. The molecule has 33 heavy (non-hydrogen) atoms. The summed E-state index contributed by atoms with van der Waals surface area (Å²) in [5.41, 5.74) is 2.25. The second-order valence-corrected chi connectivity index (χ2v) is 9.45. The van der Waals surface area contributed by atoms with Crippen LogP contribution in [0.3, 0.4) is 0 Å². The lowest BCUT2D eigenvalue weighted by molar-refractivity contribution is 0.384. The summed E-state index contributed by atoms with van der Waals surface area (Å²) in [6, 6.07) is 11.2. The molecule has 2 aromatic rings. The Morgan fingerprint density at radius 2 is 0.879 bits per heavy atom. The lowest BCUT2D eigenvalue weighted by atomic mass is 10.0. The van der Waals surface area contributed by atoms with E-state index >= 15 is 0 Å². The van der Waals surface area contributed by atoms with E-state index in [-0.39, 0.29) is 11.5 Å². The monoisotopic (exact) mass is 454 g/mol. The highest BCUT2D eigenvalue weighted by Gasteiger charge is 2.10. The number of rotatable bonds is 18. The van der Waals surface area contributed by atoms with Gasteiger partial charge < -0.3 is 14.9 Å². The number of hydrogen-bond donors (Lipinski definition) is 2. The molecule has 0 bridgehead atoms. The molecule has 0 saturated carbocycles. The minimum atomic E-state index is 0.127. The van der Waals surface area contributed by atoms with Crippen LogP contribution >= 0.6 is 0 Å². The van der Waals surface area contributed by atoms with Gasteiger partial charge in [-0.3, -0.25) is 0 Å². The zero-order valence-corrected chi connectivity index (χ0v) is 21.1. The first-order valence-corrected chi connectivity index (χ1v) is 13.5. The highest BCUT2D eigenvalue weighted by Crippen LogP contribution is 2.36. The van der Waals surface area contributed by atoms with Gasteiger partial charge in [0, 0.05) is 0 Å². The molecule has 0 aliphatic rings. The van der Waals surface area contributed by atoms with E-state index in [4.69, 9.17) is 4.74 Å². The maximum absolute atomic E-state index is 10.4. The maximum atomic E-state index is 10.4. The molecule has 0 aromatic heterocycles. The summed E-state index contributed by atoms with van der Waals surface area (Å²) in [5, 5.41) is 20.8. The van der Waals surface area contributed by atoms with E-state index < -0.39 is 0 Å². The van der Waals surface area contributed by atoms with Gasteiger partial charge in [-0.05, 0) is 61.1 Å². The Bertz CT molecular complexity index is 719. The average molecular weight is 455 g/mol. The molecule has 3 nitrogen and oxygen atoms in total. The van der Waals surface area contributed by atoms with Crippen molar-refractivity contribution in [3.63, 3.8) is 0 Å². The summed E-state index contributed by atoms with van der Waals surface area (Å²) in [6.45, 7) is 4.49. The zero-order valence-electron chi connectivity index (χ0n) is 21.1. The van der Waals surface area contributed by atoms with E-state index in [0.29, 0.717) is 11.5 Å².